The summed E-state index contributed by atoms with van der Waals surface area (Å²) in [5, 5.41) is 0.632. The Morgan fingerprint density at radius 1 is 1.08 bits per heavy atom. The zero-order valence-electron chi connectivity index (χ0n) is 14.3. The zero-order chi connectivity index (χ0) is 18.0. The number of benzene rings is 2. The van der Waals surface area contributed by atoms with Crippen LogP contribution in [0, 0.1) is 0 Å². The SMILES string of the molecule is CN(C)C(=O)[C@H](Sc1nc2ccccc2c(=O)n1C)c1ccccc1. The van der Waals surface area contributed by atoms with Crippen LogP contribution in [0.25, 0.3) is 10.9 Å². The minimum absolute atomic E-state index is 0.0430. The van der Waals surface area contributed by atoms with Crippen molar-refractivity contribution in [2.45, 2.75) is 10.4 Å². The Kier molecular flexibility index (Phi) is 4.90. The molecule has 0 bridgehead atoms. The third-order valence-corrected chi connectivity index (χ3v) is 5.22. The first-order valence-electron chi connectivity index (χ1n) is 7.87. The Hall–Kier alpha value is -2.60. The van der Waals surface area contributed by atoms with E-state index >= 15 is 0 Å². The zero-order valence-corrected chi connectivity index (χ0v) is 15.2. The number of likely N-dealkylation sites (N-methyl/N-ethyl adjacent to an activating group) is 1. The molecule has 0 radical (unpaired) electrons. The Morgan fingerprint density at radius 2 is 1.72 bits per heavy atom. The highest BCUT2D eigenvalue weighted by molar-refractivity contribution is 8.00. The van der Waals surface area contributed by atoms with Crippen LogP contribution < -0.4 is 5.56 Å². The van der Waals surface area contributed by atoms with E-state index in [0.29, 0.717) is 16.1 Å². The van der Waals surface area contributed by atoms with Crippen molar-refractivity contribution in [1.29, 1.82) is 0 Å². The standard InChI is InChI=1S/C19H19N3O2S/c1-21(2)18(24)16(13-9-5-4-6-10-13)25-19-20-15-12-8-7-11-14(15)17(23)22(19)3/h4-12,16H,1-3H3/t16-/m1/s1. The minimum atomic E-state index is -0.463. The number of hydrogen-bond acceptors (Lipinski definition) is 4. The third kappa shape index (κ3) is 3.44. The lowest BCUT2D eigenvalue weighted by molar-refractivity contribution is -0.128. The number of carbonyl (C=O) groups is 1. The van der Waals surface area contributed by atoms with Crippen molar-refractivity contribution in [1.82, 2.24) is 14.5 Å². The van der Waals surface area contributed by atoms with Crippen LogP contribution in [0.4, 0.5) is 0 Å². The van der Waals surface area contributed by atoms with Crippen LogP contribution in [-0.2, 0) is 11.8 Å². The first-order chi connectivity index (χ1) is 12.0. The molecule has 0 spiro atoms. The molecule has 5 nitrogen and oxygen atoms in total. The Morgan fingerprint density at radius 3 is 2.40 bits per heavy atom. The van der Waals surface area contributed by atoms with E-state index in [1.807, 2.05) is 48.5 Å². The normalized spacial score (nSPS) is 12.1. The smallest absolute Gasteiger partial charge is 0.261 e. The molecule has 128 valence electrons. The number of amides is 1. The van der Waals surface area contributed by atoms with Gasteiger partial charge in [-0.3, -0.25) is 14.2 Å². The number of fused-ring (bicyclic) bond motifs is 1. The summed E-state index contributed by atoms with van der Waals surface area (Å²) >= 11 is 1.29. The lowest BCUT2D eigenvalue weighted by Gasteiger charge is -2.21. The highest BCUT2D eigenvalue weighted by atomic mass is 32.2. The van der Waals surface area contributed by atoms with E-state index in [9.17, 15) is 9.59 Å². The van der Waals surface area contributed by atoms with Crippen molar-refractivity contribution in [3.05, 3.63) is 70.5 Å². The molecular weight excluding hydrogens is 334 g/mol. The molecule has 0 saturated carbocycles. The predicted octanol–water partition coefficient (Wildman–Crippen LogP) is 2.86. The second-order valence-electron chi connectivity index (χ2n) is 5.92. The van der Waals surface area contributed by atoms with Crippen LogP contribution in [0.2, 0.25) is 0 Å². The van der Waals surface area contributed by atoms with E-state index in [1.54, 1.807) is 32.1 Å². The number of hydrogen-bond donors (Lipinski definition) is 0. The van der Waals surface area contributed by atoms with Crippen molar-refractivity contribution in [2.75, 3.05) is 14.1 Å². The molecule has 1 amide bonds. The van der Waals surface area contributed by atoms with Gasteiger partial charge in [0.2, 0.25) is 5.91 Å². The molecule has 0 saturated heterocycles. The number of aromatic nitrogens is 2. The van der Waals surface area contributed by atoms with Crippen molar-refractivity contribution in [3.8, 4) is 0 Å². The highest BCUT2D eigenvalue weighted by Gasteiger charge is 2.25. The van der Waals surface area contributed by atoms with E-state index in [2.05, 4.69) is 4.98 Å². The molecule has 25 heavy (non-hydrogen) atoms. The second kappa shape index (κ2) is 7.11. The highest BCUT2D eigenvalue weighted by Crippen LogP contribution is 2.35. The summed E-state index contributed by atoms with van der Waals surface area (Å²) in [4.78, 5) is 31.4. The largest absolute Gasteiger partial charge is 0.348 e. The minimum Gasteiger partial charge on any atom is -0.348 e. The van der Waals surface area contributed by atoms with Crippen molar-refractivity contribution < 1.29 is 4.79 Å². The van der Waals surface area contributed by atoms with E-state index in [1.165, 1.54) is 16.3 Å². The summed E-state index contributed by atoms with van der Waals surface area (Å²) in [6.07, 6.45) is 0. The van der Waals surface area contributed by atoms with Gasteiger partial charge < -0.3 is 4.90 Å². The summed E-state index contributed by atoms with van der Waals surface area (Å²) in [6, 6.07) is 16.8. The van der Waals surface area contributed by atoms with E-state index < -0.39 is 5.25 Å². The first kappa shape index (κ1) is 17.2. The van der Waals surface area contributed by atoms with Crippen molar-refractivity contribution in [2.24, 2.45) is 7.05 Å². The molecule has 6 heteroatoms. The molecule has 1 aromatic heterocycles. The fourth-order valence-electron chi connectivity index (χ4n) is 2.53. The van der Waals surface area contributed by atoms with Crippen LogP contribution in [0.5, 0.6) is 0 Å². The average Bonchev–Trinajstić information content (AvgIpc) is 2.63. The van der Waals surface area contributed by atoms with Gasteiger partial charge in [0.1, 0.15) is 5.25 Å². The summed E-state index contributed by atoms with van der Waals surface area (Å²) in [7, 11) is 5.14. The first-order valence-corrected chi connectivity index (χ1v) is 8.75. The van der Waals surface area contributed by atoms with Crippen molar-refractivity contribution in [3.63, 3.8) is 0 Å². The number of para-hydroxylation sites is 1. The third-order valence-electron chi connectivity index (χ3n) is 3.93. The fourth-order valence-corrected chi connectivity index (χ4v) is 3.74. The van der Waals surface area contributed by atoms with Gasteiger partial charge in [0.25, 0.3) is 5.56 Å². The lowest BCUT2D eigenvalue weighted by Crippen LogP contribution is -2.28. The molecule has 0 aliphatic rings. The van der Waals surface area contributed by atoms with Crippen LogP contribution >= 0.6 is 11.8 Å². The number of rotatable bonds is 4. The lowest BCUT2D eigenvalue weighted by atomic mass is 10.1. The van der Waals surface area contributed by atoms with E-state index in [-0.39, 0.29) is 11.5 Å². The van der Waals surface area contributed by atoms with Crippen LogP contribution in [0.1, 0.15) is 10.8 Å². The molecule has 0 aliphatic carbocycles. The molecule has 0 N–H and O–H groups in total. The van der Waals surface area contributed by atoms with Gasteiger partial charge in [-0.15, -0.1) is 0 Å². The van der Waals surface area contributed by atoms with Gasteiger partial charge in [-0.25, -0.2) is 4.98 Å². The maximum absolute atomic E-state index is 12.7. The number of carbonyl (C=O) groups excluding carboxylic acids is 1. The predicted molar refractivity (Wildman–Crippen MR) is 101 cm³/mol. The molecule has 0 aliphatic heterocycles. The van der Waals surface area contributed by atoms with Gasteiger partial charge in [-0.1, -0.05) is 54.2 Å². The van der Waals surface area contributed by atoms with E-state index in [0.717, 1.165) is 5.56 Å². The summed E-state index contributed by atoms with van der Waals surface area (Å²) in [6.45, 7) is 0. The number of nitrogens with zero attached hydrogens (tertiary/aromatic N) is 3. The number of thioether (sulfide) groups is 1. The van der Waals surface area contributed by atoms with Gasteiger partial charge in [-0.05, 0) is 17.7 Å². The summed E-state index contributed by atoms with van der Waals surface area (Å²) in [5.74, 6) is -0.0430. The van der Waals surface area contributed by atoms with Gasteiger partial charge >= 0.3 is 0 Å². The molecular formula is C19H19N3O2S. The van der Waals surface area contributed by atoms with Gasteiger partial charge in [0, 0.05) is 21.1 Å². The monoisotopic (exact) mass is 353 g/mol. The summed E-state index contributed by atoms with van der Waals surface area (Å²) in [5.41, 5.74) is 1.41. The molecule has 0 fully saturated rings. The topological polar surface area (TPSA) is 55.2 Å². The van der Waals surface area contributed by atoms with Crippen molar-refractivity contribution >= 4 is 28.6 Å². The molecule has 3 aromatic rings. The van der Waals surface area contributed by atoms with Gasteiger partial charge in [0.05, 0.1) is 10.9 Å². The second-order valence-corrected chi connectivity index (χ2v) is 6.99. The maximum Gasteiger partial charge on any atom is 0.261 e. The quantitative estimate of drug-likeness (QED) is 0.535. The van der Waals surface area contributed by atoms with Gasteiger partial charge in [-0.2, -0.15) is 0 Å². The Labute approximate surface area is 150 Å². The Bertz CT molecular complexity index is 967. The molecule has 2 aromatic carbocycles. The van der Waals surface area contributed by atoms with Gasteiger partial charge in [0.15, 0.2) is 5.16 Å². The van der Waals surface area contributed by atoms with Crippen LogP contribution in [-0.4, -0.2) is 34.5 Å². The Balaban J connectivity index is 2.08. The van der Waals surface area contributed by atoms with Crippen LogP contribution in [0.15, 0.2) is 64.5 Å². The molecule has 1 atom stereocenters. The van der Waals surface area contributed by atoms with Crippen LogP contribution in [0.3, 0.4) is 0 Å². The summed E-state index contributed by atoms with van der Waals surface area (Å²) < 4.78 is 1.51. The maximum atomic E-state index is 12.7. The van der Waals surface area contributed by atoms with E-state index in [4.69, 9.17) is 0 Å². The average molecular weight is 353 g/mol. The molecule has 3 rings (SSSR count). The fraction of sp³-hybridized carbons (Fsp3) is 0.211. The molecule has 1 heterocycles. The molecule has 0 unspecified atom stereocenters.